The average Bonchev–Trinajstić information content (AvgIpc) is 3.19. The zero-order chi connectivity index (χ0) is 33.4. The third kappa shape index (κ3) is 8.43. The lowest BCUT2D eigenvalue weighted by Crippen LogP contribution is -2.51. The monoisotopic (exact) mass is 633 g/mol. The fourth-order valence-corrected chi connectivity index (χ4v) is 5.73. The highest BCUT2D eigenvalue weighted by molar-refractivity contribution is 6.00. The summed E-state index contributed by atoms with van der Waals surface area (Å²) in [5.74, 6) is -0.973. The maximum Gasteiger partial charge on any atom is 0.407 e. The fourth-order valence-electron chi connectivity index (χ4n) is 5.73. The maximum atomic E-state index is 14.0. The Hall–Kier alpha value is -5.44. The Kier molecular flexibility index (Phi) is 10.3. The molecule has 47 heavy (non-hydrogen) atoms. The van der Waals surface area contributed by atoms with E-state index >= 15 is 0 Å². The molecule has 9 nitrogen and oxygen atoms in total. The topological polar surface area (TPSA) is 114 Å². The molecule has 4 aromatic carbocycles. The van der Waals surface area contributed by atoms with Crippen LogP contribution in [0.1, 0.15) is 53.7 Å². The summed E-state index contributed by atoms with van der Waals surface area (Å²) in [5.41, 5.74) is 4.73. The molecule has 0 fully saturated rings. The first kappa shape index (κ1) is 32.9. The van der Waals surface area contributed by atoms with Gasteiger partial charge in [-0.15, -0.1) is 0 Å². The fraction of sp³-hybridized carbons (Fsp3) is 0.263. The zero-order valence-electron chi connectivity index (χ0n) is 26.8. The molecule has 242 valence electrons. The van der Waals surface area contributed by atoms with E-state index in [0.717, 1.165) is 33.5 Å². The SMILES string of the molecule is COC(=O)c1ccccc1-c1ccc(CN2C(=O)C(NC(=O)CC(C)(C)NC(=O)OCc3ccccc3)CCc3ccccc32)cc1. The molecular weight excluding hydrogens is 594 g/mol. The molecule has 1 aliphatic heterocycles. The Balaban J connectivity index is 1.26. The maximum absolute atomic E-state index is 14.0. The lowest BCUT2D eigenvalue weighted by atomic mass is 9.98. The summed E-state index contributed by atoms with van der Waals surface area (Å²) in [6.07, 6.45) is 0.381. The Bertz CT molecular complexity index is 1740. The summed E-state index contributed by atoms with van der Waals surface area (Å²) in [4.78, 5) is 53.8. The van der Waals surface area contributed by atoms with Crippen LogP contribution in [0.2, 0.25) is 0 Å². The molecule has 4 aromatic rings. The molecule has 0 aliphatic carbocycles. The number of nitrogens with zero attached hydrogens (tertiary/aromatic N) is 1. The summed E-state index contributed by atoms with van der Waals surface area (Å²) in [6.45, 7) is 3.88. The van der Waals surface area contributed by atoms with Crippen molar-refractivity contribution < 1.29 is 28.7 Å². The number of methoxy groups -OCH3 is 1. The summed E-state index contributed by atoms with van der Waals surface area (Å²) in [7, 11) is 1.36. The zero-order valence-corrected chi connectivity index (χ0v) is 26.8. The molecule has 0 aromatic heterocycles. The first-order valence-electron chi connectivity index (χ1n) is 15.6. The van der Waals surface area contributed by atoms with Gasteiger partial charge >= 0.3 is 12.1 Å². The molecule has 1 atom stereocenters. The number of ether oxygens (including phenoxy) is 2. The van der Waals surface area contributed by atoms with Crippen molar-refractivity contribution in [2.75, 3.05) is 12.0 Å². The lowest BCUT2D eigenvalue weighted by molar-refractivity contribution is -0.128. The third-order valence-corrected chi connectivity index (χ3v) is 8.08. The van der Waals surface area contributed by atoms with E-state index in [1.54, 1.807) is 30.9 Å². The van der Waals surface area contributed by atoms with Crippen LogP contribution in [0.25, 0.3) is 11.1 Å². The second-order valence-electron chi connectivity index (χ2n) is 12.2. The summed E-state index contributed by atoms with van der Waals surface area (Å²) in [5, 5.41) is 5.69. The van der Waals surface area contributed by atoms with Crippen LogP contribution in [0, 0.1) is 0 Å². The predicted molar refractivity (Wildman–Crippen MR) is 180 cm³/mol. The first-order valence-corrected chi connectivity index (χ1v) is 15.6. The molecular formula is C38H39N3O6. The van der Waals surface area contributed by atoms with Crippen LogP contribution in [-0.2, 0) is 38.6 Å². The van der Waals surface area contributed by atoms with Gasteiger partial charge in [-0.25, -0.2) is 9.59 Å². The highest BCUT2D eigenvalue weighted by Crippen LogP contribution is 2.30. The molecule has 2 N–H and O–H groups in total. The number of nitrogens with one attached hydrogen (secondary N) is 2. The van der Waals surface area contributed by atoms with Crippen LogP contribution >= 0.6 is 0 Å². The molecule has 1 aliphatic rings. The lowest BCUT2D eigenvalue weighted by Gasteiger charge is -2.28. The molecule has 3 amide bonds. The number of rotatable bonds is 10. The molecule has 0 radical (unpaired) electrons. The van der Waals surface area contributed by atoms with Crippen molar-refractivity contribution in [3.8, 4) is 11.1 Å². The second-order valence-corrected chi connectivity index (χ2v) is 12.2. The van der Waals surface area contributed by atoms with Crippen molar-refractivity contribution in [1.29, 1.82) is 0 Å². The van der Waals surface area contributed by atoms with Gasteiger partial charge in [0.05, 0.1) is 19.2 Å². The van der Waals surface area contributed by atoms with E-state index in [0.29, 0.717) is 24.9 Å². The highest BCUT2D eigenvalue weighted by Gasteiger charge is 2.33. The summed E-state index contributed by atoms with van der Waals surface area (Å²) < 4.78 is 10.3. The normalized spacial score (nSPS) is 14.4. The largest absolute Gasteiger partial charge is 0.465 e. The number of carbonyl (C=O) groups is 4. The van der Waals surface area contributed by atoms with Crippen molar-refractivity contribution in [2.45, 2.75) is 57.8 Å². The number of hydrogen-bond acceptors (Lipinski definition) is 6. The van der Waals surface area contributed by atoms with Crippen LogP contribution in [-0.4, -0.2) is 42.6 Å². The van der Waals surface area contributed by atoms with Crippen molar-refractivity contribution in [3.63, 3.8) is 0 Å². The van der Waals surface area contributed by atoms with E-state index < -0.39 is 23.6 Å². The van der Waals surface area contributed by atoms with Crippen molar-refractivity contribution in [1.82, 2.24) is 10.6 Å². The number of para-hydroxylation sites is 1. The van der Waals surface area contributed by atoms with Gasteiger partial charge in [0.2, 0.25) is 11.8 Å². The molecule has 1 heterocycles. The molecule has 0 spiro atoms. The number of anilines is 1. The van der Waals surface area contributed by atoms with Gasteiger partial charge in [0.1, 0.15) is 12.6 Å². The van der Waals surface area contributed by atoms with Crippen molar-refractivity contribution >= 4 is 29.6 Å². The molecule has 1 unspecified atom stereocenters. The van der Waals surface area contributed by atoms with E-state index in [-0.39, 0.29) is 24.8 Å². The van der Waals surface area contributed by atoms with Gasteiger partial charge in [0, 0.05) is 17.6 Å². The number of alkyl carbamates (subject to hydrolysis) is 1. The molecule has 0 saturated heterocycles. The van der Waals surface area contributed by atoms with Crippen LogP contribution in [0.3, 0.4) is 0 Å². The van der Waals surface area contributed by atoms with Crippen LogP contribution in [0.15, 0.2) is 103 Å². The second kappa shape index (κ2) is 14.8. The minimum absolute atomic E-state index is 0.0430. The quantitative estimate of drug-likeness (QED) is 0.201. The molecule has 0 saturated carbocycles. The Morgan fingerprint density at radius 1 is 0.851 bits per heavy atom. The number of benzene rings is 4. The minimum atomic E-state index is -0.914. The van der Waals surface area contributed by atoms with E-state index in [4.69, 9.17) is 9.47 Å². The molecule has 5 rings (SSSR count). The summed E-state index contributed by atoms with van der Waals surface area (Å²) >= 11 is 0. The Morgan fingerprint density at radius 2 is 1.53 bits per heavy atom. The van der Waals surface area contributed by atoms with Gasteiger partial charge in [-0.05, 0) is 66.6 Å². The van der Waals surface area contributed by atoms with Crippen molar-refractivity contribution in [3.05, 3.63) is 125 Å². The van der Waals surface area contributed by atoms with Gasteiger partial charge in [-0.1, -0.05) is 91.0 Å². The molecule has 0 bridgehead atoms. The number of hydrogen-bond donors (Lipinski definition) is 2. The van der Waals surface area contributed by atoms with Gasteiger partial charge in [0.15, 0.2) is 0 Å². The standard InChI is InChI=1S/C38H39N3O6/c1-38(2,40-37(45)47-25-27-11-5-4-6-12-27)23-34(42)39-32-22-21-29-13-7-10-16-33(29)41(35(32)43)24-26-17-19-28(20-18-26)30-14-8-9-15-31(30)36(44)46-3/h4-20,32H,21-25H2,1-3H3,(H,39,42)(H,40,45). The average molecular weight is 634 g/mol. The van der Waals surface area contributed by atoms with Crippen molar-refractivity contribution in [2.24, 2.45) is 0 Å². The predicted octanol–water partition coefficient (Wildman–Crippen LogP) is 6.20. The van der Waals surface area contributed by atoms with E-state index in [1.165, 1.54) is 7.11 Å². The summed E-state index contributed by atoms with van der Waals surface area (Å²) in [6, 6.07) is 31.3. The van der Waals surface area contributed by atoms with Crippen LogP contribution < -0.4 is 15.5 Å². The number of fused-ring (bicyclic) bond motifs is 1. The van der Waals surface area contributed by atoms with Gasteiger partial charge in [-0.3, -0.25) is 9.59 Å². The van der Waals surface area contributed by atoms with Gasteiger partial charge in [-0.2, -0.15) is 0 Å². The van der Waals surface area contributed by atoms with E-state index in [1.807, 2.05) is 91.0 Å². The van der Waals surface area contributed by atoms with E-state index in [9.17, 15) is 19.2 Å². The van der Waals surface area contributed by atoms with Gasteiger partial charge in [0.25, 0.3) is 0 Å². The van der Waals surface area contributed by atoms with E-state index in [2.05, 4.69) is 10.6 Å². The number of aryl methyl sites for hydroxylation is 1. The number of carbonyl (C=O) groups excluding carboxylic acids is 4. The number of esters is 1. The smallest absolute Gasteiger partial charge is 0.407 e. The van der Waals surface area contributed by atoms with Crippen LogP contribution in [0.4, 0.5) is 10.5 Å². The third-order valence-electron chi connectivity index (χ3n) is 8.08. The highest BCUT2D eigenvalue weighted by atomic mass is 16.5. The minimum Gasteiger partial charge on any atom is -0.465 e. The van der Waals surface area contributed by atoms with Crippen LogP contribution in [0.5, 0.6) is 0 Å². The van der Waals surface area contributed by atoms with Gasteiger partial charge < -0.3 is 25.0 Å². The molecule has 9 heteroatoms. The Labute approximate surface area is 274 Å². The Morgan fingerprint density at radius 3 is 2.28 bits per heavy atom. The number of amides is 3. The first-order chi connectivity index (χ1) is 22.6.